The summed E-state index contributed by atoms with van der Waals surface area (Å²) in [6.45, 7) is 0. The second-order valence-corrected chi connectivity index (χ2v) is 4.19. The van der Waals surface area contributed by atoms with Gasteiger partial charge < -0.3 is 10.8 Å². The summed E-state index contributed by atoms with van der Waals surface area (Å²) in [6, 6.07) is 7.24. The van der Waals surface area contributed by atoms with Gasteiger partial charge in [0.1, 0.15) is 5.78 Å². The van der Waals surface area contributed by atoms with Crippen LogP contribution in [0.3, 0.4) is 0 Å². The highest BCUT2D eigenvalue weighted by Gasteiger charge is 2.33. The number of carbonyl (C=O) groups is 1. The van der Waals surface area contributed by atoms with Gasteiger partial charge in [0.05, 0.1) is 5.60 Å². The molecule has 0 heterocycles. The summed E-state index contributed by atoms with van der Waals surface area (Å²) < 4.78 is 0. The van der Waals surface area contributed by atoms with Gasteiger partial charge in [0, 0.05) is 18.5 Å². The molecule has 0 spiro atoms. The fraction of sp³-hybridized carbons (Fsp3) is 0.417. The fourth-order valence-corrected chi connectivity index (χ4v) is 2.02. The third-order valence-corrected chi connectivity index (χ3v) is 3.08. The average molecular weight is 205 g/mol. The zero-order valence-corrected chi connectivity index (χ0v) is 8.57. The van der Waals surface area contributed by atoms with Crippen molar-refractivity contribution in [1.82, 2.24) is 0 Å². The van der Waals surface area contributed by atoms with Gasteiger partial charge >= 0.3 is 0 Å². The third-order valence-electron chi connectivity index (χ3n) is 3.08. The van der Waals surface area contributed by atoms with E-state index in [-0.39, 0.29) is 5.78 Å². The monoisotopic (exact) mass is 205 g/mol. The van der Waals surface area contributed by atoms with Crippen molar-refractivity contribution in [2.45, 2.75) is 31.3 Å². The van der Waals surface area contributed by atoms with E-state index in [1.165, 1.54) is 0 Å². The SMILES string of the molecule is Nc1ccc(C2(O)CCC(=O)CC2)cc1. The molecule has 0 amide bonds. The maximum absolute atomic E-state index is 11.1. The van der Waals surface area contributed by atoms with Crippen molar-refractivity contribution in [2.24, 2.45) is 0 Å². The highest BCUT2D eigenvalue weighted by molar-refractivity contribution is 5.79. The van der Waals surface area contributed by atoms with Gasteiger partial charge in [0.2, 0.25) is 0 Å². The highest BCUT2D eigenvalue weighted by atomic mass is 16.3. The number of aliphatic hydroxyl groups is 1. The van der Waals surface area contributed by atoms with Gasteiger partial charge in [0.25, 0.3) is 0 Å². The number of ketones is 1. The lowest BCUT2D eigenvalue weighted by Crippen LogP contribution is -2.31. The van der Waals surface area contributed by atoms with Crippen molar-refractivity contribution in [2.75, 3.05) is 5.73 Å². The summed E-state index contributed by atoms with van der Waals surface area (Å²) in [7, 11) is 0. The van der Waals surface area contributed by atoms with Crippen molar-refractivity contribution >= 4 is 11.5 Å². The molecule has 0 aromatic heterocycles. The van der Waals surface area contributed by atoms with Gasteiger partial charge in [-0.05, 0) is 30.5 Å². The number of rotatable bonds is 1. The summed E-state index contributed by atoms with van der Waals surface area (Å²) in [4.78, 5) is 11.1. The van der Waals surface area contributed by atoms with E-state index in [9.17, 15) is 9.90 Å². The molecule has 0 radical (unpaired) electrons. The van der Waals surface area contributed by atoms with E-state index in [2.05, 4.69) is 0 Å². The molecule has 1 saturated carbocycles. The normalized spacial score (nSPS) is 20.2. The summed E-state index contributed by atoms with van der Waals surface area (Å²) in [5.41, 5.74) is 6.31. The predicted octanol–water partition coefficient (Wildman–Crippen LogP) is 1.60. The highest BCUT2D eigenvalue weighted by Crippen LogP contribution is 2.35. The van der Waals surface area contributed by atoms with Gasteiger partial charge in [-0.3, -0.25) is 4.79 Å². The Bertz CT molecular complexity index is 360. The number of Topliss-reactive ketones (excluding diaryl/α,β-unsaturated/α-hetero) is 1. The largest absolute Gasteiger partial charge is 0.399 e. The molecule has 1 aromatic carbocycles. The van der Waals surface area contributed by atoms with Crippen LogP contribution >= 0.6 is 0 Å². The summed E-state index contributed by atoms with van der Waals surface area (Å²) in [5.74, 6) is 0.245. The Balaban J connectivity index is 2.22. The number of benzene rings is 1. The number of anilines is 1. The molecule has 3 heteroatoms. The summed E-state index contributed by atoms with van der Waals surface area (Å²) >= 11 is 0. The first kappa shape index (κ1) is 10.2. The molecule has 0 aliphatic heterocycles. The lowest BCUT2D eigenvalue weighted by atomic mass is 9.79. The van der Waals surface area contributed by atoms with Crippen molar-refractivity contribution < 1.29 is 9.90 Å². The van der Waals surface area contributed by atoms with Crippen LogP contribution in [-0.2, 0) is 10.4 Å². The van der Waals surface area contributed by atoms with Crippen LogP contribution in [0.5, 0.6) is 0 Å². The van der Waals surface area contributed by atoms with Gasteiger partial charge in [-0.2, -0.15) is 0 Å². The van der Waals surface area contributed by atoms with Crippen LogP contribution in [0.1, 0.15) is 31.2 Å². The van der Waals surface area contributed by atoms with Crippen LogP contribution < -0.4 is 5.73 Å². The molecular formula is C12H15NO2. The van der Waals surface area contributed by atoms with Crippen LogP contribution in [0.4, 0.5) is 5.69 Å². The van der Waals surface area contributed by atoms with Crippen molar-refractivity contribution in [3.63, 3.8) is 0 Å². The van der Waals surface area contributed by atoms with Crippen molar-refractivity contribution in [3.8, 4) is 0 Å². The molecule has 15 heavy (non-hydrogen) atoms. The van der Waals surface area contributed by atoms with Crippen LogP contribution in [0, 0.1) is 0 Å². The summed E-state index contributed by atoms with van der Waals surface area (Å²) in [6.07, 6.45) is 1.99. The number of carbonyl (C=O) groups excluding carboxylic acids is 1. The Morgan fingerprint density at radius 1 is 1.13 bits per heavy atom. The molecule has 1 aromatic rings. The van der Waals surface area contributed by atoms with E-state index in [4.69, 9.17) is 5.73 Å². The number of hydrogen-bond acceptors (Lipinski definition) is 3. The molecule has 2 rings (SSSR count). The third kappa shape index (κ3) is 2.02. The molecule has 1 aliphatic rings. The maximum Gasteiger partial charge on any atom is 0.133 e. The van der Waals surface area contributed by atoms with E-state index < -0.39 is 5.60 Å². The minimum Gasteiger partial charge on any atom is -0.399 e. The topological polar surface area (TPSA) is 63.3 Å². The van der Waals surface area contributed by atoms with Crippen LogP contribution in [-0.4, -0.2) is 10.9 Å². The molecule has 0 atom stereocenters. The van der Waals surface area contributed by atoms with Gasteiger partial charge in [-0.15, -0.1) is 0 Å². The second kappa shape index (κ2) is 3.66. The first-order valence-electron chi connectivity index (χ1n) is 5.20. The standard InChI is InChI=1S/C12H15NO2/c13-10-3-1-9(2-4-10)12(15)7-5-11(14)6-8-12/h1-4,15H,5-8,13H2. The average Bonchev–Trinajstić information content (AvgIpc) is 2.24. The Kier molecular flexibility index (Phi) is 2.49. The lowest BCUT2D eigenvalue weighted by Gasteiger charge is -2.31. The second-order valence-electron chi connectivity index (χ2n) is 4.19. The number of nitrogens with two attached hydrogens (primary N) is 1. The zero-order chi connectivity index (χ0) is 10.9. The maximum atomic E-state index is 11.1. The van der Waals surface area contributed by atoms with E-state index in [0.717, 1.165) is 5.56 Å². The Labute approximate surface area is 88.9 Å². The van der Waals surface area contributed by atoms with Crippen molar-refractivity contribution in [1.29, 1.82) is 0 Å². The number of hydrogen-bond donors (Lipinski definition) is 2. The first-order valence-corrected chi connectivity index (χ1v) is 5.20. The lowest BCUT2D eigenvalue weighted by molar-refractivity contribution is -0.125. The Morgan fingerprint density at radius 2 is 1.67 bits per heavy atom. The molecule has 0 saturated heterocycles. The fourth-order valence-electron chi connectivity index (χ4n) is 2.02. The van der Waals surface area contributed by atoms with Crippen LogP contribution in [0.15, 0.2) is 24.3 Å². The Hall–Kier alpha value is -1.35. The molecule has 0 unspecified atom stereocenters. The molecule has 80 valence electrons. The van der Waals surface area contributed by atoms with Gasteiger partial charge in [-0.25, -0.2) is 0 Å². The smallest absolute Gasteiger partial charge is 0.133 e. The predicted molar refractivity (Wildman–Crippen MR) is 58.2 cm³/mol. The van der Waals surface area contributed by atoms with Crippen LogP contribution in [0.25, 0.3) is 0 Å². The number of nitrogen functional groups attached to an aromatic ring is 1. The van der Waals surface area contributed by atoms with E-state index in [1.807, 2.05) is 12.1 Å². The summed E-state index contributed by atoms with van der Waals surface area (Å²) in [5, 5.41) is 10.4. The first-order chi connectivity index (χ1) is 7.10. The molecule has 1 fully saturated rings. The van der Waals surface area contributed by atoms with Crippen molar-refractivity contribution in [3.05, 3.63) is 29.8 Å². The van der Waals surface area contributed by atoms with Gasteiger partial charge in [-0.1, -0.05) is 12.1 Å². The Morgan fingerprint density at radius 3 is 2.20 bits per heavy atom. The van der Waals surface area contributed by atoms with E-state index >= 15 is 0 Å². The molecule has 1 aliphatic carbocycles. The molecular weight excluding hydrogens is 190 g/mol. The molecule has 0 bridgehead atoms. The zero-order valence-electron chi connectivity index (χ0n) is 8.57. The minimum absolute atomic E-state index is 0.245. The molecule has 3 nitrogen and oxygen atoms in total. The van der Waals surface area contributed by atoms with Gasteiger partial charge in [0.15, 0.2) is 0 Å². The van der Waals surface area contributed by atoms with Crippen LogP contribution in [0.2, 0.25) is 0 Å². The molecule has 3 N–H and O–H groups in total. The quantitative estimate of drug-likeness (QED) is 0.684. The minimum atomic E-state index is -0.832. The van der Waals surface area contributed by atoms with E-state index in [1.54, 1.807) is 12.1 Å². The van der Waals surface area contributed by atoms with E-state index in [0.29, 0.717) is 31.4 Å².